The fraction of sp³-hybridized carbons (Fsp3) is 0.778. The van der Waals surface area contributed by atoms with Crippen LogP contribution in [0.4, 0.5) is 0 Å². The van der Waals surface area contributed by atoms with E-state index in [2.05, 4.69) is 0 Å². The summed E-state index contributed by atoms with van der Waals surface area (Å²) in [4.78, 5) is 83.5. The fourth-order valence-corrected chi connectivity index (χ4v) is 10.2. The average Bonchev–Trinajstić information content (AvgIpc) is 3.08. The van der Waals surface area contributed by atoms with E-state index < -0.39 is 70.6 Å². The first kappa shape index (κ1) is 45.5. The second-order valence-corrected chi connectivity index (χ2v) is 18.5. The number of aliphatic hydroxyl groups is 1. The average molecular weight is 785 g/mol. The lowest BCUT2D eigenvalue weighted by atomic mass is 9.52. The van der Waals surface area contributed by atoms with Gasteiger partial charge in [-0.15, -0.1) is 0 Å². The molecule has 1 unspecified atom stereocenters. The minimum atomic E-state index is -1.75. The number of hydrogen-bond acceptors (Lipinski definition) is 11. The van der Waals surface area contributed by atoms with Crippen molar-refractivity contribution < 1.29 is 52.8 Å². The molecule has 0 aromatic heterocycles. The molecule has 0 spiro atoms. The molecule has 11 nitrogen and oxygen atoms in total. The zero-order chi connectivity index (χ0) is 41.9. The molecule has 1 saturated carbocycles. The van der Waals surface area contributed by atoms with Crippen LogP contribution in [-0.4, -0.2) is 77.0 Å². The number of ketones is 3. The van der Waals surface area contributed by atoms with Crippen molar-refractivity contribution in [2.24, 2.45) is 40.9 Å². The molecule has 1 N–H and O–H groups in total. The highest BCUT2D eigenvalue weighted by Gasteiger charge is 2.61. The maximum atomic E-state index is 14.9. The lowest BCUT2D eigenvalue weighted by Crippen LogP contribution is -2.58. The van der Waals surface area contributed by atoms with Crippen molar-refractivity contribution in [2.75, 3.05) is 7.11 Å². The first-order valence-corrected chi connectivity index (χ1v) is 20.8. The molecule has 4 aliphatic rings. The molecule has 2 aliphatic heterocycles. The molecule has 2 bridgehead atoms. The predicted octanol–water partition coefficient (Wildman–Crippen LogP) is 7.39. The van der Waals surface area contributed by atoms with Crippen LogP contribution in [0.5, 0.6) is 0 Å². The van der Waals surface area contributed by atoms with E-state index in [1.807, 2.05) is 54.5 Å². The summed E-state index contributed by atoms with van der Waals surface area (Å²) < 4.78 is 24.2. The molecule has 0 amide bonds. The number of methoxy groups -OCH3 is 1. The molecule has 0 aromatic rings. The quantitative estimate of drug-likeness (QED) is 0.172. The van der Waals surface area contributed by atoms with Gasteiger partial charge in [-0.2, -0.15) is 0 Å². The molecule has 11 heteroatoms. The minimum Gasteiger partial charge on any atom is -0.469 e. The van der Waals surface area contributed by atoms with E-state index in [0.29, 0.717) is 37.7 Å². The molecule has 4 rings (SSSR count). The van der Waals surface area contributed by atoms with Crippen molar-refractivity contribution in [2.45, 2.75) is 176 Å². The van der Waals surface area contributed by atoms with E-state index in [-0.39, 0.29) is 67.2 Å². The number of allylic oxidation sites excluding steroid dienone is 3. The monoisotopic (exact) mass is 784 g/mol. The maximum Gasteiger partial charge on any atom is 0.313 e. The molecule has 0 aromatic carbocycles. The molecular formula is C45H68O11. The smallest absolute Gasteiger partial charge is 0.313 e. The second kappa shape index (κ2) is 18.2. The van der Waals surface area contributed by atoms with Gasteiger partial charge in [-0.3, -0.25) is 28.8 Å². The summed E-state index contributed by atoms with van der Waals surface area (Å²) in [5.41, 5.74) is -2.16. The van der Waals surface area contributed by atoms with Gasteiger partial charge in [0.25, 0.3) is 0 Å². The maximum absolute atomic E-state index is 14.9. The van der Waals surface area contributed by atoms with Crippen molar-refractivity contribution in [1.29, 1.82) is 0 Å². The molecule has 0 radical (unpaired) electrons. The van der Waals surface area contributed by atoms with Crippen LogP contribution < -0.4 is 0 Å². The molecular weight excluding hydrogens is 716 g/mol. The van der Waals surface area contributed by atoms with Gasteiger partial charge in [0, 0.05) is 63.2 Å². The van der Waals surface area contributed by atoms with E-state index in [4.69, 9.17) is 18.9 Å². The van der Waals surface area contributed by atoms with Crippen LogP contribution in [0.3, 0.4) is 0 Å². The first-order valence-electron chi connectivity index (χ1n) is 20.8. The van der Waals surface area contributed by atoms with E-state index in [1.54, 1.807) is 6.92 Å². The van der Waals surface area contributed by atoms with Gasteiger partial charge < -0.3 is 24.1 Å². The second-order valence-electron chi connectivity index (χ2n) is 18.5. The Hall–Kier alpha value is -3.18. The zero-order valence-corrected chi connectivity index (χ0v) is 35.8. The number of rotatable bonds is 4. The Morgan fingerprint density at radius 3 is 2.18 bits per heavy atom. The zero-order valence-electron chi connectivity index (χ0n) is 35.8. The van der Waals surface area contributed by atoms with Gasteiger partial charge >= 0.3 is 17.9 Å². The topological polar surface area (TPSA) is 160 Å². The number of carbonyl (C=O) groups excluding carboxylic acids is 6. The van der Waals surface area contributed by atoms with Gasteiger partial charge in [0.2, 0.25) is 0 Å². The number of carbonyl (C=O) groups is 6. The molecule has 11 atom stereocenters. The number of Topliss-reactive ketones (excluding diaryl/α,β-unsaturated/α-hetero) is 3. The number of hydrogen-bond donors (Lipinski definition) is 1. The van der Waals surface area contributed by atoms with Crippen molar-refractivity contribution in [3.63, 3.8) is 0 Å². The van der Waals surface area contributed by atoms with Gasteiger partial charge in [-0.25, -0.2) is 0 Å². The summed E-state index contributed by atoms with van der Waals surface area (Å²) in [7, 11) is 1.27. The van der Waals surface area contributed by atoms with Crippen LogP contribution >= 0.6 is 0 Å². The third kappa shape index (κ3) is 9.91. The summed E-state index contributed by atoms with van der Waals surface area (Å²) in [6.45, 7) is 17.6. The van der Waals surface area contributed by atoms with Gasteiger partial charge in [-0.1, -0.05) is 57.8 Å². The summed E-state index contributed by atoms with van der Waals surface area (Å²) in [5, 5.41) is 12.3. The lowest BCUT2D eigenvalue weighted by Gasteiger charge is -2.51. The van der Waals surface area contributed by atoms with E-state index in [0.717, 1.165) is 24.0 Å². The normalized spacial score (nSPS) is 39.1. The van der Waals surface area contributed by atoms with Gasteiger partial charge in [0.05, 0.1) is 30.3 Å². The summed E-state index contributed by atoms with van der Waals surface area (Å²) in [6, 6.07) is 0. The minimum absolute atomic E-state index is 0.00833. The van der Waals surface area contributed by atoms with Gasteiger partial charge in [0.1, 0.15) is 29.1 Å². The molecule has 1 saturated heterocycles. The largest absolute Gasteiger partial charge is 0.469 e. The molecule has 2 heterocycles. The van der Waals surface area contributed by atoms with Gasteiger partial charge in [-0.05, 0) is 83.6 Å². The highest BCUT2D eigenvalue weighted by molar-refractivity contribution is 5.97. The van der Waals surface area contributed by atoms with E-state index >= 15 is 0 Å². The van der Waals surface area contributed by atoms with Crippen LogP contribution in [0.25, 0.3) is 0 Å². The van der Waals surface area contributed by atoms with Gasteiger partial charge in [0.15, 0.2) is 0 Å². The summed E-state index contributed by atoms with van der Waals surface area (Å²) in [5.74, 6) is -5.28. The number of esters is 3. The highest BCUT2D eigenvalue weighted by atomic mass is 16.6. The Bertz CT molecular complexity index is 1590. The number of ether oxygens (including phenoxy) is 4. The third-order valence-electron chi connectivity index (χ3n) is 13.5. The Morgan fingerprint density at radius 2 is 1.57 bits per heavy atom. The molecule has 56 heavy (non-hydrogen) atoms. The van der Waals surface area contributed by atoms with E-state index in [9.17, 15) is 33.9 Å². The lowest BCUT2D eigenvalue weighted by molar-refractivity contribution is -0.231. The van der Waals surface area contributed by atoms with Crippen LogP contribution in [0.1, 0.15) is 146 Å². The third-order valence-corrected chi connectivity index (χ3v) is 13.5. The standard InChI is InChI=1S/C45H68O11/c1-25(2)32-22-35(48)28(5)14-12-13-26(3)20-36(49)33-21-29(6)41-34(45(33,23-37(32)50)42(51)53-11)19-27(4)15-16-40-44(10,56-31(8)47)18-17-39(55-40)43(9,52)24-38(41)54-30(7)46/h19,25-26,28,32-34,38-40,52H,12-18,20-24H2,1-11H3/b27-19+/t26-,28+,32-,33+,34-,38?,39+,40-,43-,44+,45+/m1/s1. The van der Waals surface area contributed by atoms with E-state index in [1.165, 1.54) is 21.0 Å². The Balaban J connectivity index is 2.04. The van der Waals surface area contributed by atoms with Crippen molar-refractivity contribution >= 4 is 35.3 Å². The van der Waals surface area contributed by atoms with Crippen molar-refractivity contribution in [1.82, 2.24) is 0 Å². The highest BCUT2D eigenvalue weighted by Crippen LogP contribution is 2.56. The Labute approximate surface area is 334 Å². The molecule has 2 fully saturated rings. The van der Waals surface area contributed by atoms with Crippen LogP contribution in [0.2, 0.25) is 0 Å². The summed E-state index contributed by atoms with van der Waals surface area (Å²) >= 11 is 0. The van der Waals surface area contributed by atoms with Crippen LogP contribution in [0.15, 0.2) is 22.8 Å². The molecule has 2 aliphatic carbocycles. The fourth-order valence-electron chi connectivity index (χ4n) is 10.2. The van der Waals surface area contributed by atoms with Crippen LogP contribution in [0, 0.1) is 40.9 Å². The molecule has 314 valence electrons. The summed E-state index contributed by atoms with van der Waals surface area (Å²) in [6.07, 6.45) is 3.24. The van der Waals surface area contributed by atoms with Crippen molar-refractivity contribution in [3.8, 4) is 0 Å². The Kier molecular flexibility index (Phi) is 14.8. The van der Waals surface area contributed by atoms with Crippen molar-refractivity contribution in [3.05, 3.63) is 22.8 Å². The predicted molar refractivity (Wildman–Crippen MR) is 210 cm³/mol. The SMILES string of the molecule is COC(=O)[C@@]12CC(=O)[C@@H](C(C)C)CC(=O)[C@@H](C)CCC[C@@H](C)CC(=O)[C@@H]1CC(C)=C1C(OC(C)=O)C[C@@](C)(O)[C@@H]3CC[C@](C)(OC(C)=O)[C@@H](CC/C(C)=C/[C@H]12)O3. The van der Waals surface area contributed by atoms with Crippen LogP contribution in [-0.2, 0) is 47.7 Å². The Morgan fingerprint density at radius 1 is 0.893 bits per heavy atom. The first-order chi connectivity index (χ1) is 26.1. The number of fused-ring (bicyclic) bond motifs is 5.